The van der Waals surface area contributed by atoms with Gasteiger partial charge in [0.15, 0.2) is 0 Å². The molecule has 1 amide bonds. The Morgan fingerprint density at radius 3 is 2.83 bits per heavy atom. The van der Waals surface area contributed by atoms with E-state index in [-0.39, 0.29) is 18.3 Å². The van der Waals surface area contributed by atoms with Gasteiger partial charge in [0, 0.05) is 6.42 Å². The molecule has 0 aromatic carbocycles. The van der Waals surface area contributed by atoms with Gasteiger partial charge >= 0.3 is 0 Å². The Hall–Kier alpha value is -1.78. The first kappa shape index (κ1) is 8.32. The Labute approximate surface area is 69.6 Å². The van der Waals surface area contributed by atoms with Crippen LogP contribution in [0.3, 0.4) is 0 Å². The normalized spacial score (nSPS) is 9.00. The molecule has 12 heavy (non-hydrogen) atoms. The zero-order valence-corrected chi connectivity index (χ0v) is 6.40. The van der Waals surface area contributed by atoms with Gasteiger partial charge in [0.05, 0.1) is 0 Å². The lowest BCUT2D eigenvalue weighted by Gasteiger charge is -1.98. The molecule has 1 aromatic heterocycles. The third kappa shape index (κ3) is 2.45. The number of nitrogens with one attached hydrogen (secondary N) is 1. The molecule has 0 bridgehead atoms. The van der Waals surface area contributed by atoms with Crippen LogP contribution in [0, 0.1) is 0 Å². The topological polar surface area (TPSA) is 67.8 Å². The third-order valence-corrected chi connectivity index (χ3v) is 1.07. The van der Waals surface area contributed by atoms with Crippen LogP contribution in [0.4, 0.5) is 5.95 Å². The van der Waals surface area contributed by atoms with Crippen LogP contribution in [0.2, 0.25) is 0 Å². The number of hydrogen-bond donors (Lipinski definition) is 1. The third-order valence-electron chi connectivity index (χ3n) is 1.07. The highest BCUT2D eigenvalue weighted by Crippen LogP contribution is 1.93. The molecule has 0 spiro atoms. The lowest BCUT2D eigenvalue weighted by Crippen LogP contribution is -2.12. The van der Waals surface area contributed by atoms with Crippen molar-refractivity contribution in [3.05, 3.63) is 25.3 Å². The van der Waals surface area contributed by atoms with Gasteiger partial charge in [0.2, 0.25) is 11.9 Å². The molecule has 0 aliphatic carbocycles. The summed E-state index contributed by atoms with van der Waals surface area (Å²) in [7, 11) is 0. The van der Waals surface area contributed by atoms with E-state index < -0.39 is 0 Å². The summed E-state index contributed by atoms with van der Waals surface area (Å²) < 4.78 is 0. The number of carbonyl (C=O) groups excluding carboxylic acids is 1. The van der Waals surface area contributed by atoms with Crippen LogP contribution >= 0.6 is 0 Å². The summed E-state index contributed by atoms with van der Waals surface area (Å²) in [4.78, 5) is 22.0. The summed E-state index contributed by atoms with van der Waals surface area (Å²) in [6.45, 7) is 3.43. The Bertz CT molecular complexity index is 272. The predicted octanol–water partition coefficient (Wildman–Crippen LogP) is 0.386. The van der Waals surface area contributed by atoms with E-state index in [0.717, 1.165) is 0 Å². The Balaban J connectivity index is 2.52. The molecule has 0 unspecified atom stereocenters. The maximum absolute atomic E-state index is 10.9. The molecule has 0 atom stereocenters. The van der Waals surface area contributed by atoms with Crippen LogP contribution in [0.1, 0.15) is 6.42 Å². The maximum Gasteiger partial charge on any atom is 0.232 e. The van der Waals surface area contributed by atoms with Gasteiger partial charge in [-0.1, -0.05) is 6.08 Å². The van der Waals surface area contributed by atoms with Crippen molar-refractivity contribution in [3.8, 4) is 0 Å². The first-order valence-electron chi connectivity index (χ1n) is 3.35. The van der Waals surface area contributed by atoms with E-state index >= 15 is 0 Å². The fraction of sp³-hybridized carbons (Fsp3) is 0.143. The molecule has 5 nitrogen and oxygen atoms in total. The van der Waals surface area contributed by atoms with Crippen LogP contribution in [-0.2, 0) is 4.79 Å². The monoisotopic (exact) mass is 164 g/mol. The minimum absolute atomic E-state index is 0.184. The van der Waals surface area contributed by atoms with Crippen molar-refractivity contribution in [2.24, 2.45) is 0 Å². The minimum atomic E-state index is -0.184. The largest absolute Gasteiger partial charge is 0.294 e. The van der Waals surface area contributed by atoms with Gasteiger partial charge in [0.1, 0.15) is 12.7 Å². The molecule has 0 aliphatic rings. The highest BCUT2D eigenvalue weighted by Gasteiger charge is 1.99. The summed E-state index contributed by atoms with van der Waals surface area (Å²) in [5.41, 5.74) is 0. The highest BCUT2D eigenvalue weighted by atomic mass is 16.1. The van der Waals surface area contributed by atoms with E-state index in [9.17, 15) is 4.79 Å². The second-order valence-electron chi connectivity index (χ2n) is 2.00. The van der Waals surface area contributed by atoms with E-state index in [0.29, 0.717) is 0 Å². The van der Waals surface area contributed by atoms with Crippen molar-refractivity contribution in [2.75, 3.05) is 5.32 Å². The summed E-state index contributed by atoms with van der Waals surface area (Å²) >= 11 is 0. The fourth-order valence-corrected chi connectivity index (χ4v) is 0.611. The number of aromatic nitrogens is 3. The van der Waals surface area contributed by atoms with Crippen molar-refractivity contribution < 1.29 is 4.79 Å². The first-order chi connectivity index (χ1) is 5.83. The summed E-state index contributed by atoms with van der Waals surface area (Å²) in [6.07, 6.45) is 4.40. The zero-order valence-electron chi connectivity index (χ0n) is 6.40. The van der Waals surface area contributed by atoms with Crippen molar-refractivity contribution >= 4 is 11.9 Å². The molecule has 1 heterocycles. The molecule has 5 heteroatoms. The number of hydrogen-bond acceptors (Lipinski definition) is 4. The van der Waals surface area contributed by atoms with Crippen LogP contribution in [0.25, 0.3) is 0 Å². The molecule has 1 rings (SSSR count). The molecule has 0 fully saturated rings. The van der Waals surface area contributed by atoms with Crippen molar-refractivity contribution in [3.63, 3.8) is 0 Å². The van der Waals surface area contributed by atoms with E-state index in [1.165, 1.54) is 18.7 Å². The molecule has 0 aliphatic heterocycles. The quantitative estimate of drug-likeness (QED) is 0.656. The lowest BCUT2D eigenvalue weighted by atomic mass is 10.4. The number of nitrogens with zero attached hydrogens (tertiary/aromatic N) is 3. The molecule has 1 N–H and O–H groups in total. The smallest absolute Gasteiger partial charge is 0.232 e. The lowest BCUT2D eigenvalue weighted by molar-refractivity contribution is -0.115. The minimum Gasteiger partial charge on any atom is -0.294 e. The summed E-state index contributed by atoms with van der Waals surface area (Å²) in [5.74, 6) is 0.0769. The second-order valence-corrected chi connectivity index (χ2v) is 2.00. The van der Waals surface area contributed by atoms with E-state index in [4.69, 9.17) is 0 Å². The number of rotatable bonds is 3. The second kappa shape index (κ2) is 4.17. The van der Waals surface area contributed by atoms with Gasteiger partial charge in [-0.15, -0.1) is 6.58 Å². The van der Waals surface area contributed by atoms with Crippen LogP contribution in [-0.4, -0.2) is 20.9 Å². The van der Waals surface area contributed by atoms with Crippen LogP contribution < -0.4 is 5.32 Å². The molecule has 62 valence electrons. The molecular weight excluding hydrogens is 156 g/mol. The van der Waals surface area contributed by atoms with Crippen molar-refractivity contribution in [1.29, 1.82) is 0 Å². The SMILES string of the molecule is C=CCC(=O)Nc1ncncn1. The first-order valence-corrected chi connectivity index (χ1v) is 3.35. The average molecular weight is 164 g/mol. The van der Waals surface area contributed by atoms with E-state index in [1.54, 1.807) is 0 Å². The standard InChI is InChI=1S/C7H8N4O/c1-2-3-6(12)11-7-9-4-8-5-10-7/h2,4-5H,1,3H2,(H,8,9,10,11,12). The molecule has 0 saturated heterocycles. The Morgan fingerprint density at radius 1 is 1.58 bits per heavy atom. The van der Waals surface area contributed by atoms with Gasteiger partial charge in [0.25, 0.3) is 0 Å². The van der Waals surface area contributed by atoms with Gasteiger partial charge < -0.3 is 0 Å². The van der Waals surface area contributed by atoms with Gasteiger partial charge in [-0.25, -0.2) is 15.0 Å². The van der Waals surface area contributed by atoms with Gasteiger partial charge in [-0.2, -0.15) is 0 Å². The highest BCUT2D eigenvalue weighted by molar-refractivity contribution is 5.89. The predicted molar refractivity (Wildman–Crippen MR) is 43.3 cm³/mol. The number of amides is 1. The molecule has 0 radical (unpaired) electrons. The van der Waals surface area contributed by atoms with Crippen LogP contribution in [0.5, 0.6) is 0 Å². The van der Waals surface area contributed by atoms with Crippen LogP contribution in [0.15, 0.2) is 25.3 Å². The number of anilines is 1. The molecule has 1 aromatic rings. The molecular formula is C7H8N4O. The van der Waals surface area contributed by atoms with Crippen molar-refractivity contribution in [1.82, 2.24) is 15.0 Å². The number of carbonyl (C=O) groups is 1. The Kier molecular flexibility index (Phi) is 2.89. The Morgan fingerprint density at radius 2 is 2.25 bits per heavy atom. The summed E-state index contributed by atoms with van der Waals surface area (Å²) in [5, 5.41) is 2.47. The fourth-order valence-electron chi connectivity index (χ4n) is 0.611. The molecule has 0 saturated carbocycles. The summed E-state index contributed by atoms with van der Waals surface area (Å²) in [6, 6.07) is 0. The maximum atomic E-state index is 10.9. The van der Waals surface area contributed by atoms with Gasteiger partial charge in [-0.05, 0) is 0 Å². The van der Waals surface area contributed by atoms with E-state index in [2.05, 4.69) is 26.8 Å². The van der Waals surface area contributed by atoms with E-state index in [1.807, 2.05) is 0 Å². The average Bonchev–Trinajstić information content (AvgIpc) is 2.06. The van der Waals surface area contributed by atoms with Crippen molar-refractivity contribution in [2.45, 2.75) is 6.42 Å². The van der Waals surface area contributed by atoms with Gasteiger partial charge in [-0.3, -0.25) is 10.1 Å². The zero-order chi connectivity index (χ0) is 8.81.